The summed E-state index contributed by atoms with van der Waals surface area (Å²) in [5.41, 5.74) is 9.42. The van der Waals surface area contributed by atoms with Crippen molar-refractivity contribution < 1.29 is 0 Å². The van der Waals surface area contributed by atoms with E-state index in [0.29, 0.717) is 5.41 Å². The minimum absolute atomic E-state index is 0.160. The summed E-state index contributed by atoms with van der Waals surface area (Å²) in [4.78, 5) is 2.54. The molecule has 1 fully saturated rings. The topological polar surface area (TPSA) is 29.3 Å². The van der Waals surface area contributed by atoms with Gasteiger partial charge in [-0.25, -0.2) is 0 Å². The zero-order chi connectivity index (χ0) is 13.9. The van der Waals surface area contributed by atoms with Crippen molar-refractivity contribution in [1.29, 1.82) is 0 Å². The Kier molecular flexibility index (Phi) is 4.51. The average Bonchev–Trinajstić information content (AvgIpc) is 2.59. The van der Waals surface area contributed by atoms with Crippen LogP contribution in [0, 0.1) is 5.41 Å². The predicted molar refractivity (Wildman–Crippen MR) is 83.5 cm³/mol. The first-order valence-electron chi connectivity index (χ1n) is 7.63. The van der Waals surface area contributed by atoms with E-state index in [1.807, 2.05) is 0 Å². The molecule has 1 heterocycles. The van der Waals surface area contributed by atoms with Gasteiger partial charge in [-0.05, 0) is 42.7 Å². The molecule has 0 radical (unpaired) electrons. The summed E-state index contributed by atoms with van der Waals surface area (Å²) in [5, 5.41) is 0. The largest absolute Gasteiger partial charge is 0.371 e. The number of nitrogens with two attached hydrogens (primary N) is 1. The van der Waals surface area contributed by atoms with Crippen molar-refractivity contribution in [1.82, 2.24) is 0 Å². The lowest BCUT2D eigenvalue weighted by atomic mass is 9.85. The second kappa shape index (κ2) is 5.96. The molecule has 0 unspecified atom stereocenters. The van der Waals surface area contributed by atoms with Crippen LogP contribution >= 0.6 is 0 Å². The third-order valence-corrected chi connectivity index (χ3v) is 4.46. The molecule has 106 valence electrons. The molecule has 1 aromatic rings. The van der Waals surface area contributed by atoms with Crippen LogP contribution < -0.4 is 10.6 Å². The number of benzene rings is 1. The summed E-state index contributed by atoms with van der Waals surface area (Å²) in [6.45, 7) is 9.25. The molecule has 1 saturated heterocycles. The maximum absolute atomic E-state index is 6.27. The first kappa shape index (κ1) is 14.4. The molecule has 2 N–H and O–H groups in total. The van der Waals surface area contributed by atoms with Crippen LogP contribution in [0.5, 0.6) is 0 Å². The van der Waals surface area contributed by atoms with Gasteiger partial charge in [-0.1, -0.05) is 39.0 Å². The highest BCUT2D eigenvalue weighted by Crippen LogP contribution is 2.34. The van der Waals surface area contributed by atoms with Crippen LogP contribution in [0.1, 0.15) is 58.1 Å². The van der Waals surface area contributed by atoms with Crippen molar-refractivity contribution in [2.45, 2.75) is 52.5 Å². The Bertz CT molecular complexity index is 411. The van der Waals surface area contributed by atoms with Crippen molar-refractivity contribution in [3.8, 4) is 0 Å². The van der Waals surface area contributed by atoms with Gasteiger partial charge in [0.2, 0.25) is 0 Å². The fourth-order valence-corrected chi connectivity index (χ4v) is 2.97. The summed E-state index contributed by atoms with van der Waals surface area (Å²) < 4.78 is 0. The average molecular weight is 260 g/mol. The van der Waals surface area contributed by atoms with Gasteiger partial charge < -0.3 is 10.6 Å². The van der Waals surface area contributed by atoms with Gasteiger partial charge in [0.05, 0.1) is 0 Å². The van der Waals surface area contributed by atoms with E-state index in [1.54, 1.807) is 0 Å². The molecule has 0 amide bonds. The molecular formula is C17H28N2. The monoisotopic (exact) mass is 260 g/mol. The molecule has 0 aliphatic carbocycles. The molecule has 0 aromatic heterocycles. The van der Waals surface area contributed by atoms with Crippen molar-refractivity contribution in [2.75, 3.05) is 18.0 Å². The van der Waals surface area contributed by atoms with Gasteiger partial charge in [-0.15, -0.1) is 0 Å². The maximum Gasteiger partial charge on any atom is 0.0414 e. The molecular weight excluding hydrogens is 232 g/mol. The number of hydrogen-bond acceptors (Lipinski definition) is 2. The maximum atomic E-state index is 6.27. The van der Waals surface area contributed by atoms with Crippen LogP contribution in [-0.2, 0) is 0 Å². The van der Waals surface area contributed by atoms with E-state index in [1.165, 1.54) is 30.5 Å². The van der Waals surface area contributed by atoms with Crippen molar-refractivity contribution in [3.05, 3.63) is 29.8 Å². The van der Waals surface area contributed by atoms with Crippen molar-refractivity contribution in [3.63, 3.8) is 0 Å². The Morgan fingerprint density at radius 1 is 1.21 bits per heavy atom. The van der Waals surface area contributed by atoms with E-state index in [-0.39, 0.29) is 6.04 Å². The normalized spacial score (nSPS) is 20.9. The lowest BCUT2D eigenvalue weighted by Crippen LogP contribution is -2.27. The van der Waals surface area contributed by atoms with Gasteiger partial charge in [-0.2, -0.15) is 0 Å². The van der Waals surface area contributed by atoms with Crippen LogP contribution in [-0.4, -0.2) is 13.1 Å². The fraction of sp³-hybridized carbons (Fsp3) is 0.647. The molecule has 0 saturated carbocycles. The van der Waals surface area contributed by atoms with Crippen LogP contribution in [0.4, 0.5) is 5.69 Å². The lowest BCUT2D eigenvalue weighted by Gasteiger charge is -2.28. The number of rotatable bonds is 3. The van der Waals surface area contributed by atoms with Gasteiger partial charge in [0, 0.05) is 24.8 Å². The molecule has 1 atom stereocenters. The summed E-state index contributed by atoms with van der Waals surface area (Å²) in [5.74, 6) is 0. The molecule has 2 heteroatoms. The van der Waals surface area contributed by atoms with E-state index >= 15 is 0 Å². The molecule has 2 rings (SSSR count). The first-order valence-corrected chi connectivity index (χ1v) is 7.63. The third-order valence-electron chi connectivity index (χ3n) is 4.46. The number of anilines is 1. The minimum Gasteiger partial charge on any atom is -0.371 e. The summed E-state index contributed by atoms with van der Waals surface area (Å²) in [6, 6.07) is 8.84. The molecule has 0 bridgehead atoms. The predicted octanol–water partition coefficient (Wildman–Crippen LogP) is 4.11. The SMILES string of the molecule is CC[C@H](N)c1ccccc1N1CCCC(C)(C)CC1. The molecule has 1 aromatic carbocycles. The number of para-hydroxylation sites is 1. The van der Waals surface area contributed by atoms with E-state index in [2.05, 4.69) is 49.9 Å². The zero-order valence-corrected chi connectivity index (χ0v) is 12.7. The molecule has 19 heavy (non-hydrogen) atoms. The molecule has 2 nitrogen and oxygen atoms in total. The van der Waals surface area contributed by atoms with Gasteiger partial charge >= 0.3 is 0 Å². The number of nitrogens with zero attached hydrogens (tertiary/aromatic N) is 1. The minimum atomic E-state index is 0.160. The third kappa shape index (κ3) is 3.50. The van der Waals surface area contributed by atoms with Crippen molar-refractivity contribution in [2.24, 2.45) is 11.1 Å². The van der Waals surface area contributed by atoms with Crippen LogP contribution in [0.15, 0.2) is 24.3 Å². The van der Waals surface area contributed by atoms with Crippen LogP contribution in [0.25, 0.3) is 0 Å². The number of hydrogen-bond donors (Lipinski definition) is 1. The van der Waals surface area contributed by atoms with E-state index < -0.39 is 0 Å². The van der Waals surface area contributed by atoms with Gasteiger partial charge in [0.25, 0.3) is 0 Å². The second-order valence-corrected chi connectivity index (χ2v) is 6.58. The van der Waals surface area contributed by atoms with Gasteiger partial charge in [-0.3, -0.25) is 0 Å². The Balaban J connectivity index is 2.22. The van der Waals surface area contributed by atoms with Crippen molar-refractivity contribution >= 4 is 5.69 Å². The summed E-state index contributed by atoms with van der Waals surface area (Å²) >= 11 is 0. The van der Waals surface area contributed by atoms with E-state index in [9.17, 15) is 0 Å². The highest BCUT2D eigenvalue weighted by molar-refractivity contribution is 5.55. The standard InChI is InChI=1S/C17H28N2/c1-4-15(18)14-8-5-6-9-16(14)19-12-7-10-17(2,3)11-13-19/h5-6,8-9,15H,4,7,10-13,18H2,1-3H3/t15-/m0/s1. The molecule has 0 spiro atoms. The zero-order valence-electron chi connectivity index (χ0n) is 12.7. The van der Waals surface area contributed by atoms with Crippen LogP contribution in [0.3, 0.4) is 0 Å². The second-order valence-electron chi connectivity index (χ2n) is 6.58. The molecule has 1 aliphatic heterocycles. The summed E-state index contributed by atoms with van der Waals surface area (Å²) in [7, 11) is 0. The highest BCUT2D eigenvalue weighted by atomic mass is 15.1. The Morgan fingerprint density at radius 3 is 2.68 bits per heavy atom. The molecule has 1 aliphatic rings. The summed E-state index contributed by atoms with van der Waals surface area (Å²) in [6.07, 6.45) is 4.87. The Labute approximate surface area is 118 Å². The first-order chi connectivity index (χ1) is 9.03. The smallest absolute Gasteiger partial charge is 0.0414 e. The van der Waals surface area contributed by atoms with E-state index in [4.69, 9.17) is 5.73 Å². The van der Waals surface area contributed by atoms with Gasteiger partial charge in [0.15, 0.2) is 0 Å². The Hall–Kier alpha value is -1.02. The lowest BCUT2D eigenvalue weighted by molar-refractivity contribution is 0.325. The quantitative estimate of drug-likeness (QED) is 0.886. The Morgan fingerprint density at radius 2 is 1.95 bits per heavy atom. The fourth-order valence-electron chi connectivity index (χ4n) is 2.97. The van der Waals surface area contributed by atoms with Gasteiger partial charge in [0.1, 0.15) is 0 Å². The van der Waals surface area contributed by atoms with E-state index in [0.717, 1.165) is 19.5 Å². The highest BCUT2D eigenvalue weighted by Gasteiger charge is 2.24. The van der Waals surface area contributed by atoms with Crippen LogP contribution in [0.2, 0.25) is 0 Å².